The van der Waals surface area contributed by atoms with E-state index in [4.69, 9.17) is 19.5 Å². The molecule has 21 heavy (non-hydrogen) atoms. The molecule has 5 heteroatoms. The molecule has 0 unspecified atom stereocenters. The van der Waals surface area contributed by atoms with Crippen molar-refractivity contribution in [3.63, 3.8) is 0 Å². The summed E-state index contributed by atoms with van der Waals surface area (Å²) in [6.07, 6.45) is -0.318. The number of nitriles is 1. The Bertz CT molecular complexity index is 673. The van der Waals surface area contributed by atoms with Gasteiger partial charge in [-0.2, -0.15) is 5.26 Å². The molecule has 1 aliphatic heterocycles. The zero-order valence-corrected chi connectivity index (χ0v) is 13.2. The minimum atomic E-state index is -0.318. The summed E-state index contributed by atoms with van der Waals surface area (Å²) >= 11 is 2.26. The molecular formula is C16H12INO3. The second kappa shape index (κ2) is 6.43. The Morgan fingerprint density at radius 1 is 1.05 bits per heavy atom. The first-order valence-electron chi connectivity index (χ1n) is 6.47. The van der Waals surface area contributed by atoms with Crippen molar-refractivity contribution in [2.24, 2.45) is 0 Å². The maximum Gasteiger partial charge on any atom is 0.185 e. The maximum atomic E-state index is 8.79. The molecule has 0 spiro atoms. The summed E-state index contributed by atoms with van der Waals surface area (Å²) in [5, 5.41) is 8.79. The van der Waals surface area contributed by atoms with Crippen LogP contribution in [0.4, 0.5) is 0 Å². The molecule has 1 heterocycles. The van der Waals surface area contributed by atoms with Crippen LogP contribution in [0, 0.1) is 14.9 Å². The highest BCUT2D eigenvalue weighted by molar-refractivity contribution is 14.1. The molecule has 1 aliphatic rings. The molecule has 106 valence electrons. The standard InChI is InChI=1S/C16H12INO3/c17-15-6-5-13(9-14(15)16-19-7-8-20-16)21-12-3-1-11(10-18)2-4-12/h1-6,9,16H,7-8H2. The second-order valence-electron chi connectivity index (χ2n) is 4.50. The first kappa shape index (κ1) is 14.3. The highest BCUT2D eigenvalue weighted by Gasteiger charge is 2.21. The lowest BCUT2D eigenvalue weighted by Gasteiger charge is -2.13. The molecule has 0 aliphatic carbocycles. The van der Waals surface area contributed by atoms with Crippen molar-refractivity contribution < 1.29 is 14.2 Å². The van der Waals surface area contributed by atoms with E-state index in [0.29, 0.717) is 30.3 Å². The van der Waals surface area contributed by atoms with Gasteiger partial charge in [0.05, 0.1) is 24.8 Å². The highest BCUT2D eigenvalue weighted by atomic mass is 127. The summed E-state index contributed by atoms with van der Waals surface area (Å²) < 4.78 is 18.0. The summed E-state index contributed by atoms with van der Waals surface area (Å²) in [5.74, 6) is 1.41. The van der Waals surface area contributed by atoms with Crippen molar-refractivity contribution in [2.45, 2.75) is 6.29 Å². The number of rotatable bonds is 3. The van der Waals surface area contributed by atoms with Gasteiger partial charge >= 0.3 is 0 Å². The lowest BCUT2D eigenvalue weighted by atomic mass is 10.2. The highest BCUT2D eigenvalue weighted by Crippen LogP contribution is 2.32. The zero-order valence-electron chi connectivity index (χ0n) is 11.1. The minimum absolute atomic E-state index is 0.318. The summed E-state index contributed by atoms with van der Waals surface area (Å²) in [5.41, 5.74) is 1.58. The van der Waals surface area contributed by atoms with Crippen molar-refractivity contribution in [2.75, 3.05) is 13.2 Å². The first-order chi connectivity index (χ1) is 10.3. The summed E-state index contributed by atoms with van der Waals surface area (Å²) in [6, 6.07) is 14.9. The fourth-order valence-corrected chi connectivity index (χ4v) is 2.63. The third-order valence-electron chi connectivity index (χ3n) is 3.06. The molecule has 0 radical (unpaired) electrons. The van der Waals surface area contributed by atoms with E-state index in [1.165, 1.54) is 0 Å². The van der Waals surface area contributed by atoms with Crippen LogP contribution in [-0.2, 0) is 9.47 Å². The number of hydrogen-bond donors (Lipinski definition) is 0. The Morgan fingerprint density at radius 2 is 1.71 bits per heavy atom. The average molecular weight is 393 g/mol. The number of halogens is 1. The van der Waals surface area contributed by atoms with Crippen LogP contribution < -0.4 is 4.74 Å². The van der Waals surface area contributed by atoms with E-state index in [9.17, 15) is 0 Å². The van der Waals surface area contributed by atoms with Crippen LogP contribution >= 0.6 is 22.6 Å². The first-order valence-corrected chi connectivity index (χ1v) is 7.55. The van der Waals surface area contributed by atoms with Crippen molar-refractivity contribution in [3.8, 4) is 17.6 Å². The van der Waals surface area contributed by atoms with Gasteiger partial charge in [0.2, 0.25) is 0 Å². The monoisotopic (exact) mass is 393 g/mol. The molecule has 4 nitrogen and oxygen atoms in total. The smallest absolute Gasteiger partial charge is 0.185 e. The van der Waals surface area contributed by atoms with Gasteiger partial charge in [-0.1, -0.05) is 0 Å². The Kier molecular flexibility index (Phi) is 4.39. The SMILES string of the molecule is N#Cc1ccc(Oc2ccc(I)c(C3OCCO3)c2)cc1. The molecule has 0 amide bonds. The summed E-state index contributed by atoms with van der Waals surface area (Å²) in [6.45, 7) is 1.23. The van der Waals surface area contributed by atoms with Crippen molar-refractivity contribution in [3.05, 3.63) is 57.2 Å². The van der Waals surface area contributed by atoms with Crippen LogP contribution in [-0.4, -0.2) is 13.2 Å². The van der Waals surface area contributed by atoms with Gasteiger partial charge in [-0.15, -0.1) is 0 Å². The van der Waals surface area contributed by atoms with Gasteiger partial charge in [0, 0.05) is 9.13 Å². The van der Waals surface area contributed by atoms with E-state index in [1.807, 2.05) is 18.2 Å². The van der Waals surface area contributed by atoms with Crippen LogP contribution in [0.25, 0.3) is 0 Å². The van der Waals surface area contributed by atoms with Crippen LogP contribution in [0.1, 0.15) is 17.4 Å². The van der Waals surface area contributed by atoms with E-state index >= 15 is 0 Å². The lowest BCUT2D eigenvalue weighted by Crippen LogP contribution is -2.01. The van der Waals surface area contributed by atoms with Gasteiger partial charge in [-0.05, 0) is 65.1 Å². The lowest BCUT2D eigenvalue weighted by molar-refractivity contribution is -0.0448. The number of ether oxygens (including phenoxy) is 3. The van der Waals surface area contributed by atoms with E-state index in [1.54, 1.807) is 24.3 Å². The fourth-order valence-electron chi connectivity index (χ4n) is 2.04. The summed E-state index contributed by atoms with van der Waals surface area (Å²) in [4.78, 5) is 0. The van der Waals surface area contributed by atoms with E-state index in [-0.39, 0.29) is 6.29 Å². The largest absolute Gasteiger partial charge is 0.457 e. The topological polar surface area (TPSA) is 51.5 Å². The molecule has 0 saturated carbocycles. The van der Waals surface area contributed by atoms with Gasteiger partial charge in [-0.25, -0.2) is 0 Å². The van der Waals surface area contributed by atoms with Gasteiger partial charge < -0.3 is 14.2 Å². The number of hydrogen-bond acceptors (Lipinski definition) is 4. The predicted molar refractivity (Wildman–Crippen MR) is 85.0 cm³/mol. The number of nitrogens with zero attached hydrogens (tertiary/aromatic N) is 1. The summed E-state index contributed by atoms with van der Waals surface area (Å²) in [7, 11) is 0. The maximum absolute atomic E-state index is 8.79. The average Bonchev–Trinajstić information content (AvgIpc) is 3.04. The molecule has 0 bridgehead atoms. The third-order valence-corrected chi connectivity index (χ3v) is 4.04. The van der Waals surface area contributed by atoms with Crippen molar-refractivity contribution in [1.29, 1.82) is 5.26 Å². The molecule has 1 saturated heterocycles. The molecule has 1 fully saturated rings. The molecule has 3 rings (SSSR count). The predicted octanol–water partition coefficient (Wildman–Crippen LogP) is 4.00. The van der Waals surface area contributed by atoms with E-state index in [0.717, 1.165) is 9.13 Å². The normalized spacial score (nSPS) is 14.9. The number of benzene rings is 2. The minimum Gasteiger partial charge on any atom is -0.457 e. The molecule has 2 aromatic carbocycles. The fraction of sp³-hybridized carbons (Fsp3) is 0.188. The molecular weight excluding hydrogens is 381 g/mol. The zero-order chi connectivity index (χ0) is 14.7. The quantitative estimate of drug-likeness (QED) is 0.740. The molecule has 0 N–H and O–H groups in total. The van der Waals surface area contributed by atoms with Crippen LogP contribution in [0.15, 0.2) is 42.5 Å². The van der Waals surface area contributed by atoms with Crippen molar-refractivity contribution >= 4 is 22.6 Å². The molecule has 0 atom stereocenters. The van der Waals surface area contributed by atoms with E-state index < -0.39 is 0 Å². The van der Waals surface area contributed by atoms with Crippen LogP contribution in [0.3, 0.4) is 0 Å². The van der Waals surface area contributed by atoms with E-state index in [2.05, 4.69) is 28.7 Å². The van der Waals surface area contributed by atoms with Crippen LogP contribution in [0.2, 0.25) is 0 Å². The second-order valence-corrected chi connectivity index (χ2v) is 5.66. The van der Waals surface area contributed by atoms with Gasteiger partial charge in [0.1, 0.15) is 11.5 Å². The van der Waals surface area contributed by atoms with Gasteiger partial charge in [-0.3, -0.25) is 0 Å². The molecule has 2 aromatic rings. The van der Waals surface area contributed by atoms with Crippen molar-refractivity contribution in [1.82, 2.24) is 0 Å². The Labute approximate surface area is 136 Å². The Balaban J connectivity index is 1.81. The van der Waals surface area contributed by atoms with Gasteiger partial charge in [0.25, 0.3) is 0 Å². The van der Waals surface area contributed by atoms with Gasteiger partial charge in [0.15, 0.2) is 6.29 Å². The third kappa shape index (κ3) is 3.35. The Morgan fingerprint density at radius 3 is 2.38 bits per heavy atom. The Hall–Kier alpha value is -1.62. The molecule has 0 aromatic heterocycles. The van der Waals surface area contributed by atoms with Crippen LogP contribution in [0.5, 0.6) is 11.5 Å².